The Morgan fingerprint density at radius 3 is 2.33 bits per heavy atom. The highest BCUT2D eigenvalue weighted by Gasteiger charge is 2.47. The molecule has 4 nitrogen and oxygen atoms in total. The van der Waals surface area contributed by atoms with Crippen molar-refractivity contribution in [2.45, 2.75) is 12.1 Å². The first-order chi connectivity index (χ1) is 5.31. The minimum Gasteiger partial charge on any atom is -0.370 e. The predicted octanol–water partition coefficient (Wildman–Crippen LogP) is 1.52. The van der Waals surface area contributed by atoms with Gasteiger partial charge >= 0.3 is 13.3 Å². The van der Waals surface area contributed by atoms with Crippen LogP contribution in [0.5, 0.6) is 0 Å². The fourth-order valence-corrected chi connectivity index (χ4v) is 1.01. The van der Waals surface area contributed by atoms with Gasteiger partial charge in [0, 0.05) is 6.42 Å². The number of hydrogen-bond donors (Lipinski definition) is 2. The number of ether oxygens (including phenoxy) is 1. The molecule has 0 heterocycles. The molecule has 0 unspecified atom stereocenters. The second-order valence-electron chi connectivity index (χ2n) is 1.98. The molecule has 0 aromatic carbocycles. The Morgan fingerprint density at radius 2 is 2.00 bits per heavy atom. The van der Waals surface area contributed by atoms with Crippen LogP contribution < -0.4 is 0 Å². The van der Waals surface area contributed by atoms with Crippen molar-refractivity contribution in [3.8, 4) is 0 Å². The van der Waals surface area contributed by atoms with Crippen LogP contribution in [-0.2, 0) is 9.30 Å². The minimum absolute atomic E-state index is 0.0598. The fourth-order valence-electron chi connectivity index (χ4n) is 0.395. The molecule has 0 fully saturated rings. The molecule has 0 amide bonds. The zero-order valence-corrected chi connectivity index (χ0v) is 8.39. The van der Waals surface area contributed by atoms with Crippen molar-refractivity contribution in [2.75, 3.05) is 12.1 Å². The topological polar surface area (TPSA) is 66.8 Å². The second-order valence-corrected chi connectivity index (χ2v) is 4.18. The van der Waals surface area contributed by atoms with Crippen LogP contribution in [0.1, 0.15) is 6.42 Å². The highest BCUT2D eigenvalue weighted by atomic mass is 79.9. The summed E-state index contributed by atoms with van der Waals surface area (Å²) in [4.78, 5) is 16.3. The SMILES string of the molecule is O=P(O)(O)C(F)(F)CCOCBr. The molecule has 0 aliphatic rings. The van der Waals surface area contributed by atoms with Gasteiger partial charge in [0.15, 0.2) is 0 Å². The fraction of sp³-hybridized carbons (Fsp3) is 1.00. The molecule has 0 aliphatic carbocycles. The van der Waals surface area contributed by atoms with Gasteiger partial charge in [-0.25, -0.2) is 0 Å². The summed E-state index contributed by atoms with van der Waals surface area (Å²) in [6, 6.07) is 0. The zero-order chi connectivity index (χ0) is 9.83. The summed E-state index contributed by atoms with van der Waals surface area (Å²) < 4.78 is 39.4. The van der Waals surface area contributed by atoms with Crippen LogP contribution in [0.2, 0.25) is 0 Å². The van der Waals surface area contributed by atoms with Gasteiger partial charge < -0.3 is 14.5 Å². The van der Waals surface area contributed by atoms with Gasteiger partial charge in [0.2, 0.25) is 0 Å². The van der Waals surface area contributed by atoms with Crippen LogP contribution in [0, 0.1) is 0 Å². The molecule has 0 aromatic rings. The van der Waals surface area contributed by atoms with E-state index in [1.165, 1.54) is 0 Å². The standard InChI is InChI=1S/C4H8BrF2O4P/c5-3-11-2-1-4(6,7)12(8,9)10/h1-3H2,(H2,8,9,10). The average Bonchev–Trinajstić information content (AvgIpc) is 1.85. The maximum Gasteiger partial charge on any atom is 0.394 e. The lowest BCUT2D eigenvalue weighted by molar-refractivity contribution is 0.0233. The summed E-state index contributed by atoms with van der Waals surface area (Å²) in [5.41, 5.74) is -3.93. The Hall–Kier alpha value is 0.450. The van der Waals surface area contributed by atoms with E-state index in [4.69, 9.17) is 9.79 Å². The van der Waals surface area contributed by atoms with Gasteiger partial charge in [-0.1, -0.05) is 15.9 Å². The van der Waals surface area contributed by atoms with Gasteiger partial charge in [-0.05, 0) is 0 Å². The zero-order valence-electron chi connectivity index (χ0n) is 5.91. The molecule has 74 valence electrons. The van der Waals surface area contributed by atoms with E-state index in [1.54, 1.807) is 0 Å². The molecule has 0 aliphatic heterocycles. The number of hydrogen-bond acceptors (Lipinski definition) is 2. The van der Waals surface area contributed by atoms with Crippen LogP contribution in [0.15, 0.2) is 0 Å². The van der Waals surface area contributed by atoms with E-state index < -0.39 is 26.3 Å². The van der Waals surface area contributed by atoms with Crippen molar-refractivity contribution in [2.24, 2.45) is 0 Å². The van der Waals surface area contributed by atoms with Crippen LogP contribution in [-0.4, -0.2) is 27.6 Å². The molecule has 0 atom stereocenters. The van der Waals surface area contributed by atoms with Crippen molar-refractivity contribution in [1.82, 2.24) is 0 Å². The molecule has 0 radical (unpaired) electrons. The van der Waals surface area contributed by atoms with Gasteiger partial charge in [-0.3, -0.25) is 4.57 Å². The molecule has 0 aromatic heterocycles. The summed E-state index contributed by atoms with van der Waals surface area (Å²) in [5.74, 6) is 0. The van der Waals surface area contributed by atoms with E-state index in [2.05, 4.69) is 20.7 Å². The lowest BCUT2D eigenvalue weighted by atomic mass is 10.5. The van der Waals surface area contributed by atoms with Crippen molar-refractivity contribution in [1.29, 1.82) is 0 Å². The molecule has 0 saturated carbocycles. The molecule has 0 rings (SSSR count). The third-order valence-electron chi connectivity index (χ3n) is 1.05. The number of halogens is 3. The normalized spacial score (nSPS) is 13.4. The smallest absolute Gasteiger partial charge is 0.370 e. The number of alkyl halides is 3. The van der Waals surface area contributed by atoms with E-state index in [1.807, 2.05) is 0 Å². The summed E-state index contributed by atoms with van der Waals surface area (Å²) in [6.45, 7) is -0.399. The Kier molecular flexibility index (Phi) is 4.79. The minimum atomic E-state index is -5.34. The molecule has 12 heavy (non-hydrogen) atoms. The summed E-state index contributed by atoms with van der Waals surface area (Å²) in [7, 11) is -5.34. The molecule has 0 spiro atoms. The highest BCUT2D eigenvalue weighted by molar-refractivity contribution is 9.09. The molecule has 8 heteroatoms. The van der Waals surface area contributed by atoms with E-state index in [-0.39, 0.29) is 5.52 Å². The van der Waals surface area contributed by atoms with E-state index in [0.29, 0.717) is 0 Å². The van der Waals surface area contributed by atoms with Crippen LogP contribution in [0.4, 0.5) is 8.78 Å². The lowest BCUT2D eigenvalue weighted by Gasteiger charge is -2.16. The first-order valence-corrected chi connectivity index (χ1v) is 5.62. The van der Waals surface area contributed by atoms with Crippen LogP contribution in [0.25, 0.3) is 0 Å². The average molecular weight is 269 g/mol. The number of rotatable bonds is 5. The Bertz CT molecular complexity index is 182. The summed E-state index contributed by atoms with van der Waals surface area (Å²) in [5, 5.41) is 0. The predicted molar refractivity (Wildman–Crippen MR) is 41.4 cm³/mol. The summed E-state index contributed by atoms with van der Waals surface area (Å²) >= 11 is 2.81. The first kappa shape index (κ1) is 12.4. The van der Waals surface area contributed by atoms with Gasteiger partial charge in [0.1, 0.15) is 5.52 Å². The van der Waals surface area contributed by atoms with Crippen LogP contribution in [0.3, 0.4) is 0 Å². The highest BCUT2D eigenvalue weighted by Crippen LogP contribution is 2.54. The van der Waals surface area contributed by atoms with Crippen molar-refractivity contribution in [3.05, 3.63) is 0 Å². The molecule has 0 bridgehead atoms. The maximum absolute atomic E-state index is 12.4. The molecular formula is C4H8BrF2O4P. The van der Waals surface area contributed by atoms with E-state index >= 15 is 0 Å². The Morgan fingerprint density at radius 1 is 1.50 bits per heavy atom. The van der Waals surface area contributed by atoms with Crippen LogP contribution >= 0.6 is 23.5 Å². The van der Waals surface area contributed by atoms with Crippen molar-refractivity contribution < 1.29 is 27.9 Å². The van der Waals surface area contributed by atoms with Gasteiger partial charge in [-0.15, -0.1) is 0 Å². The second kappa shape index (κ2) is 4.62. The van der Waals surface area contributed by atoms with Gasteiger partial charge in [-0.2, -0.15) is 8.78 Å². The van der Waals surface area contributed by atoms with Gasteiger partial charge in [0.25, 0.3) is 0 Å². The molecule has 0 saturated heterocycles. The van der Waals surface area contributed by atoms with Crippen molar-refractivity contribution in [3.63, 3.8) is 0 Å². The maximum atomic E-state index is 12.4. The largest absolute Gasteiger partial charge is 0.394 e. The lowest BCUT2D eigenvalue weighted by Crippen LogP contribution is -2.18. The van der Waals surface area contributed by atoms with E-state index in [0.717, 1.165) is 0 Å². The third kappa shape index (κ3) is 3.91. The monoisotopic (exact) mass is 268 g/mol. The summed E-state index contributed by atoms with van der Waals surface area (Å²) in [6.07, 6.45) is -0.983. The quantitative estimate of drug-likeness (QED) is 0.451. The molecular weight excluding hydrogens is 261 g/mol. The third-order valence-corrected chi connectivity index (χ3v) is 2.45. The van der Waals surface area contributed by atoms with Crippen molar-refractivity contribution >= 4 is 23.5 Å². The Labute approximate surface area is 76.2 Å². The Balaban J connectivity index is 3.97. The van der Waals surface area contributed by atoms with E-state index in [9.17, 15) is 13.3 Å². The first-order valence-electron chi connectivity index (χ1n) is 2.88. The van der Waals surface area contributed by atoms with Gasteiger partial charge in [0.05, 0.1) is 6.61 Å². The molecule has 2 N–H and O–H groups in total.